The monoisotopic (exact) mass is 216 g/mol. The molecule has 4 nitrogen and oxygen atoms in total. The van der Waals surface area contributed by atoms with Gasteiger partial charge in [0.2, 0.25) is 0 Å². The van der Waals surface area contributed by atoms with Gasteiger partial charge in [0, 0.05) is 31.6 Å². The Hall–Kier alpha value is -1.68. The number of nitrogens with one attached hydrogen (secondary N) is 1. The van der Waals surface area contributed by atoms with Gasteiger partial charge in [0.05, 0.1) is 11.7 Å². The smallest absolute Gasteiger partial charge is 0.0797 e. The van der Waals surface area contributed by atoms with Crippen molar-refractivity contribution in [1.82, 2.24) is 20.1 Å². The summed E-state index contributed by atoms with van der Waals surface area (Å²) in [7, 11) is 3.87. The second-order valence-electron chi connectivity index (χ2n) is 3.78. The molecular formula is C12H16N4. The largest absolute Gasteiger partial charge is 0.311 e. The molecule has 1 atom stereocenters. The molecule has 2 heterocycles. The first-order chi connectivity index (χ1) is 7.79. The van der Waals surface area contributed by atoms with Gasteiger partial charge in [0.25, 0.3) is 0 Å². The summed E-state index contributed by atoms with van der Waals surface area (Å²) in [5.74, 6) is 0. The number of rotatable bonds is 4. The second kappa shape index (κ2) is 4.90. The predicted octanol–water partition coefficient (Wildman–Crippen LogP) is 1.32. The summed E-state index contributed by atoms with van der Waals surface area (Å²) in [6.45, 7) is 0. The molecule has 0 aliphatic rings. The maximum Gasteiger partial charge on any atom is 0.0797 e. The summed E-state index contributed by atoms with van der Waals surface area (Å²) in [4.78, 5) is 4.32. The molecule has 84 valence electrons. The second-order valence-corrected chi connectivity index (χ2v) is 3.78. The number of pyridine rings is 1. The van der Waals surface area contributed by atoms with E-state index in [2.05, 4.69) is 15.4 Å². The lowest BCUT2D eigenvalue weighted by Gasteiger charge is -2.12. The van der Waals surface area contributed by atoms with Crippen molar-refractivity contribution in [3.05, 3.63) is 48.0 Å². The van der Waals surface area contributed by atoms with E-state index in [1.165, 1.54) is 0 Å². The standard InChI is InChI=1S/C12H16N4/c1-13-12(11-6-8-16(2)15-11)9-10-5-3-4-7-14-10/h3-8,12-13H,9H2,1-2H3. The highest BCUT2D eigenvalue weighted by Gasteiger charge is 2.12. The molecule has 0 saturated carbocycles. The van der Waals surface area contributed by atoms with E-state index in [0.29, 0.717) is 0 Å². The molecule has 0 saturated heterocycles. The Balaban J connectivity index is 2.12. The highest BCUT2D eigenvalue weighted by atomic mass is 15.3. The van der Waals surface area contributed by atoms with Crippen LogP contribution in [0.1, 0.15) is 17.4 Å². The van der Waals surface area contributed by atoms with Crippen molar-refractivity contribution < 1.29 is 0 Å². The molecule has 4 heteroatoms. The first kappa shape index (κ1) is 10.8. The van der Waals surface area contributed by atoms with Crippen LogP contribution in [-0.2, 0) is 13.5 Å². The van der Waals surface area contributed by atoms with Gasteiger partial charge in [-0.1, -0.05) is 6.07 Å². The molecule has 2 rings (SSSR count). The van der Waals surface area contributed by atoms with E-state index in [1.807, 2.05) is 55.4 Å². The Morgan fingerprint density at radius 3 is 2.81 bits per heavy atom. The molecule has 2 aromatic rings. The van der Waals surface area contributed by atoms with Crippen LogP contribution < -0.4 is 5.32 Å². The normalized spacial score (nSPS) is 12.6. The van der Waals surface area contributed by atoms with Gasteiger partial charge < -0.3 is 5.32 Å². The third-order valence-electron chi connectivity index (χ3n) is 2.58. The van der Waals surface area contributed by atoms with Gasteiger partial charge in [0.15, 0.2) is 0 Å². The van der Waals surface area contributed by atoms with Crippen LogP contribution in [0.2, 0.25) is 0 Å². The number of likely N-dealkylation sites (N-methyl/N-ethyl adjacent to an activating group) is 1. The first-order valence-corrected chi connectivity index (χ1v) is 5.36. The molecule has 0 amide bonds. The zero-order chi connectivity index (χ0) is 11.4. The maximum absolute atomic E-state index is 4.40. The van der Waals surface area contributed by atoms with E-state index >= 15 is 0 Å². The molecule has 16 heavy (non-hydrogen) atoms. The van der Waals surface area contributed by atoms with Crippen molar-refractivity contribution in [2.75, 3.05) is 7.05 Å². The summed E-state index contributed by atoms with van der Waals surface area (Å²) in [6.07, 6.45) is 4.63. The fourth-order valence-corrected chi connectivity index (χ4v) is 1.70. The summed E-state index contributed by atoms with van der Waals surface area (Å²) in [5.41, 5.74) is 2.13. The van der Waals surface area contributed by atoms with Gasteiger partial charge >= 0.3 is 0 Å². The minimum atomic E-state index is 0.219. The van der Waals surface area contributed by atoms with E-state index in [0.717, 1.165) is 17.8 Å². The Morgan fingerprint density at radius 2 is 2.25 bits per heavy atom. The summed E-state index contributed by atoms with van der Waals surface area (Å²) >= 11 is 0. The van der Waals surface area contributed by atoms with Crippen LogP contribution in [0, 0.1) is 0 Å². The van der Waals surface area contributed by atoms with Gasteiger partial charge in [-0.2, -0.15) is 5.10 Å². The Bertz CT molecular complexity index is 435. The van der Waals surface area contributed by atoms with Crippen molar-refractivity contribution in [2.24, 2.45) is 7.05 Å². The molecule has 0 aliphatic heterocycles. The van der Waals surface area contributed by atoms with Gasteiger partial charge in [-0.25, -0.2) is 0 Å². The highest BCUT2D eigenvalue weighted by molar-refractivity contribution is 5.12. The fourth-order valence-electron chi connectivity index (χ4n) is 1.70. The molecule has 0 aromatic carbocycles. The molecule has 1 N–H and O–H groups in total. The number of aromatic nitrogens is 3. The highest BCUT2D eigenvalue weighted by Crippen LogP contribution is 2.14. The number of aryl methyl sites for hydroxylation is 1. The molecule has 0 bridgehead atoms. The van der Waals surface area contributed by atoms with Gasteiger partial charge in [-0.05, 0) is 25.2 Å². The molecule has 0 spiro atoms. The minimum absolute atomic E-state index is 0.219. The van der Waals surface area contributed by atoms with Gasteiger partial charge in [-0.15, -0.1) is 0 Å². The van der Waals surface area contributed by atoms with Gasteiger partial charge in [0.1, 0.15) is 0 Å². The lowest BCUT2D eigenvalue weighted by atomic mass is 10.1. The average molecular weight is 216 g/mol. The van der Waals surface area contributed by atoms with Crippen LogP contribution in [0.5, 0.6) is 0 Å². The maximum atomic E-state index is 4.40. The van der Waals surface area contributed by atoms with Crippen molar-refractivity contribution in [3.8, 4) is 0 Å². The van der Waals surface area contributed by atoms with Crippen LogP contribution in [0.4, 0.5) is 0 Å². The lowest BCUT2D eigenvalue weighted by Crippen LogP contribution is -2.20. The quantitative estimate of drug-likeness (QED) is 0.838. The van der Waals surface area contributed by atoms with Crippen LogP contribution in [0.15, 0.2) is 36.7 Å². The van der Waals surface area contributed by atoms with E-state index in [1.54, 1.807) is 0 Å². The van der Waals surface area contributed by atoms with Crippen molar-refractivity contribution in [1.29, 1.82) is 0 Å². The van der Waals surface area contributed by atoms with Crippen LogP contribution in [0.3, 0.4) is 0 Å². The Labute approximate surface area is 95.3 Å². The topological polar surface area (TPSA) is 42.7 Å². The number of hydrogen-bond acceptors (Lipinski definition) is 3. The van der Waals surface area contributed by atoms with Crippen molar-refractivity contribution in [3.63, 3.8) is 0 Å². The van der Waals surface area contributed by atoms with E-state index < -0.39 is 0 Å². The lowest BCUT2D eigenvalue weighted by molar-refractivity contribution is 0.557. The van der Waals surface area contributed by atoms with Crippen molar-refractivity contribution >= 4 is 0 Å². The van der Waals surface area contributed by atoms with Crippen LogP contribution in [0.25, 0.3) is 0 Å². The van der Waals surface area contributed by atoms with E-state index in [4.69, 9.17) is 0 Å². The molecule has 1 unspecified atom stereocenters. The Morgan fingerprint density at radius 1 is 1.38 bits per heavy atom. The van der Waals surface area contributed by atoms with E-state index in [9.17, 15) is 0 Å². The third kappa shape index (κ3) is 2.46. The number of hydrogen-bond donors (Lipinski definition) is 1. The van der Waals surface area contributed by atoms with Crippen LogP contribution >= 0.6 is 0 Å². The third-order valence-corrected chi connectivity index (χ3v) is 2.58. The predicted molar refractivity (Wildman–Crippen MR) is 62.9 cm³/mol. The SMILES string of the molecule is CNC(Cc1ccccn1)c1ccn(C)n1. The van der Waals surface area contributed by atoms with Crippen LogP contribution in [-0.4, -0.2) is 21.8 Å². The molecule has 0 fully saturated rings. The molecular weight excluding hydrogens is 200 g/mol. The van der Waals surface area contributed by atoms with Gasteiger partial charge in [-0.3, -0.25) is 9.67 Å². The molecule has 2 aromatic heterocycles. The summed E-state index contributed by atoms with van der Waals surface area (Å²) in [6, 6.07) is 8.22. The Kier molecular flexibility index (Phi) is 3.31. The minimum Gasteiger partial charge on any atom is -0.311 e. The summed E-state index contributed by atoms with van der Waals surface area (Å²) in [5, 5.41) is 7.67. The van der Waals surface area contributed by atoms with E-state index in [-0.39, 0.29) is 6.04 Å². The summed E-state index contributed by atoms with van der Waals surface area (Å²) < 4.78 is 1.82. The number of nitrogens with zero attached hydrogens (tertiary/aromatic N) is 3. The molecule has 0 radical (unpaired) electrons. The molecule has 0 aliphatic carbocycles. The van der Waals surface area contributed by atoms with Crippen molar-refractivity contribution in [2.45, 2.75) is 12.5 Å². The zero-order valence-corrected chi connectivity index (χ0v) is 9.59. The fraction of sp³-hybridized carbons (Fsp3) is 0.333. The zero-order valence-electron chi connectivity index (χ0n) is 9.59. The average Bonchev–Trinajstić information content (AvgIpc) is 2.74. The first-order valence-electron chi connectivity index (χ1n) is 5.36.